The minimum atomic E-state index is -0.504. The highest BCUT2D eigenvalue weighted by molar-refractivity contribution is 4.82. The summed E-state index contributed by atoms with van der Waals surface area (Å²) in [4.78, 5) is 0. The van der Waals surface area contributed by atoms with Gasteiger partial charge in [-0.2, -0.15) is 0 Å². The van der Waals surface area contributed by atoms with Crippen molar-refractivity contribution in [3.8, 4) is 0 Å². The van der Waals surface area contributed by atoms with E-state index >= 15 is 0 Å². The molecule has 2 atom stereocenters. The lowest BCUT2D eigenvalue weighted by Crippen LogP contribution is -2.33. The van der Waals surface area contributed by atoms with Crippen molar-refractivity contribution < 1.29 is 10.2 Å². The highest BCUT2D eigenvalue weighted by Crippen LogP contribution is 2.35. The maximum atomic E-state index is 9.80. The third kappa shape index (κ3) is 3.28. The van der Waals surface area contributed by atoms with Gasteiger partial charge in [-0.3, -0.25) is 0 Å². The van der Waals surface area contributed by atoms with Gasteiger partial charge in [0.2, 0.25) is 0 Å². The Morgan fingerprint density at radius 2 is 1.69 bits per heavy atom. The van der Waals surface area contributed by atoms with E-state index in [1.807, 2.05) is 0 Å². The minimum Gasteiger partial charge on any atom is -0.390 e. The van der Waals surface area contributed by atoms with E-state index in [4.69, 9.17) is 0 Å². The van der Waals surface area contributed by atoms with Crippen molar-refractivity contribution in [3.63, 3.8) is 0 Å². The van der Waals surface area contributed by atoms with Crippen molar-refractivity contribution in [2.24, 2.45) is 11.8 Å². The second kappa shape index (κ2) is 4.97. The van der Waals surface area contributed by atoms with E-state index in [1.165, 1.54) is 12.8 Å². The zero-order valence-corrected chi connectivity index (χ0v) is 8.74. The molecule has 0 bridgehead atoms. The number of rotatable bonds is 6. The highest BCUT2D eigenvalue weighted by atomic mass is 16.3. The second-order valence-electron chi connectivity index (χ2n) is 4.31. The molecular formula is C11H22O2. The van der Waals surface area contributed by atoms with Crippen LogP contribution < -0.4 is 0 Å². The fourth-order valence-electron chi connectivity index (χ4n) is 1.92. The number of hydrogen-bond acceptors (Lipinski definition) is 2. The first-order valence-corrected chi connectivity index (χ1v) is 5.55. The van der Waals surface area contributed by atoms with Gasteiger partial charge in [0.25, 0.3) is 0 Å². The summed E-state index contributed by atoms with van der Waals surface area (Å²) in [5.74, 6) is 0.966. The van der Waals surface area contributed by atoms with Crippen LogP contribution in [-0.2, 0) is 0 Å². The lowest BCUT2D eigenvalue weighted by atomic mass is 9.91. The predicted octanol–water partition coefficient (Wildman–Crippen LogP) is 1.94. The molecule has 1 aliphatic carbocycles. The third-order valence-corrected chi connectivity index (χ3v) is 3.20. The van der Waals surface area contributed by atoms with Crippen molar-refractivity contribution >= 4 is 0 Å². The lowest BCUT2D eigenvalue weighted by molar-refractivity contribution is -0.0257. The molecule has 0 amide bonds. The van der Waals surface area contributed by atoms with Crippen LogP contribution in [0.3, 0.4) is 0 Å². The molecule has 2 N–H and O–H groups in total. The molecule has 0 saturated heterocycles. The predicted molar refractivity (Wildman–Crippen MR) is 53.4 cm³/mol. The van der Waals surface area contributed by atoms with Gasteiger partial charge in [-0.15, -0.1) is 0 Å². The first kappa shape index (κ1) is 11.0. The first-order chi connectivity index (χ1) is 6.19. The summed E-state index contributed by atoms with van der Waals surface area (Å²) >= 11 is 0. The van der Waals surface area contributed by atoms with Gasteiger partial charge in [-0.05, 0) is 18.3 Å². The monoisotopic (exact) mass is 186 g/mol. The van der Waals surface area contributed by atoms with E-state index in [0.717, 1.165) is 19.3 Å². The summed E-state index contributed by atoms with van der Waals surface area (Å²) in [5, 5.41) is 19.5. The largest absolute Gasteiger partial charge is 0.390 e. The van der Waals surface area contributed by atoms with E-state index in [0.29, 0.717) is 5.92 Å². The molecule has 2 unspecified atom stereocenters. The molecule has 0 aromatic heterocycles. The van der Waals surface area contributed by atoms with Crippen molar-refractivity contribution in [3.05, 3.63) is 0 Å². The van der Waals surface area contributed by atoms with Crippen LogP contribution in [0.15, 0.2) is 0 Å². The van der Waals surface area contributed by atoms with Crippen LogP contribution in [-0.4, -0.2) is 22.4 Å². The molecule has 2 heteroatoms. The first-order valence-electron chi connectivity index (χ1n) is 5.55. The van der Waals surface area contributed by atoms with E-state index in [9.17, 15) is 10.2 Å². The van der Waals surface area contributed by atoms with Crippen LogP contribution in [0.25, 0.3) is 0 Å². The standard InChI is InChI=1S/C11H22O2/c1-3-9(4-2)11(13)10(12)7-8-5-6-8/h8-13H,3-7H2,1-2H3. The van der Waals surface area contributed by atoms with Crippen molar-refractivity contribution in [1.29, 1.82) is 0 Å². The van der Waals surface area contributed by atoms with E-state index < -0.39 is 12.2 Å². The fraction of sp³-hybridized carbons (Fsp3) is 1.00. The van der Waals surface area contributed by atoms with E-state index in [-0.39, 0.29) is 5.92 Å². The van der Waals surface area contributed by atoms with Crippen LogP contribution in [0, 0.1) is 11.8 Å². The van der Waals surface area contributed by atoms with Crippen molar-refractivity contribution in [1.82, 2.24) is 0 Å². The Morgan fingerprint density at radius 3 is 2.08 bits per heavy atom. The quantitative estimate of drug-likeness (QED) is 0.665. The van der Waals surface area contributed by atoms with Gasteiger partial charge in [-0.1, -0.05) is 39.5 Å². The van der Waals surface area contributed by atoms with Crippen molar-refractivity contribution in [2.45, 2.75) is 58.2 Å². The molecule has 1 aliphatic rings. The Hall–Kier alpha value is -0.0800. The van der Waals surface area contributed by atoms with Crippen LogP contribution in [0.2, 0.25) is 0 Å². The normalized spacial score (nSPS) is 21.9. The molecule has 1 rings (SSSR count). The van der Waals surface area contributed by atoms with Crippen molar-refractivity contribution in [2.75, 3.05) is 0 Å². The summed E-state index contributed by atoms with van der Waals surface area (Å²) in [5.41, 5.74) is 0. The molecule has 0 aromatic carbocycles. The zero-order chi connectivity index (χ0) is 9.84. The average Bonchev–Trinajstić information content (AvgIpc) is 2.90. The maximum absolute atomic E-state index is 9.80. The van der Waals surface area contributed by atoms with Crippen LogP contribution in [0.5, 0.6) is 0 Å². The second-order valence-corrected chi connectivity index (χ2v) is 4.31. The van der Waals surface area contributed by atoms with E-state index in [1.54, 1.807) is 0 Å². The number of hydrogen-bond donors (Lipinski definition) is 2. The Balaban J connectivity index is 2.29. The van der Waals surface area contributed by atoms with Gasteiger partial charge in [0.1, 0.15) is 0 Å². The van der Waals surface area contributed by atoms with Gasteiger partial charge in [-0.25, -0.2) is 0 Å². The topological polar surface area (TPSA) is 40.5 Å². The fourth-order valence-corrected chi connectivity index (χ4v) is 1.92. The molecular weight excluding hydrogens is 164 g/mol. The molecule has 0 radical (unpaired) electrons. The Bertz CT molecular complexity index is 139. The number of aliphatic hydroxyl groups excluding tert-OH is 2. The Kier molecular flexibility index (Phi) is 4.20. The summed E-state index contributed by atoms with van der Waals surface area (Å²) in [6.45, 7) is 4.14. The lowest BCUT2D eigenvalue weighted by Gasteiger charge is -2.24. The molecule has 78 valence electrons. The van der Waals surface area contributed by atoms with Gasteiger partial charge >= 0.3 is 0 Å². The smallest absolute Gasteiger partial charge is 0.0827 e. The van der Waals surface area contributed by atoms with Gasteiger partial charge in [0.15, 0.2) is 0 Å². The van der Waals surface area contributed by atoms with Crippen LogP contribution in [0.4, 0.5) is 0 Å². The van der Waals surface area contributed by atoms with Crippen LogP contribution in [0.1, 0.15) is 46.0 Å². The summed E-state index contributed by atoms with van der Waals surface area (Å²) < 4.78 is 0. The van der Waals surface area contributed by atoms with Gasteiger partial charge < -0.3 is 10.2 Å². The average molecular weight is 186 g/mol. The molecule has 0 spiro atoms. The van der Waals surface area contributed by atoms with Gasteiger partial charge in [0, 0.05) is 0 Å². The van der Waals surface area contributed by atoms with Crippen LogP contribution >= 0.6 is 0 Å². The molecule has 0 heterocycles. The highest BCUT2D eigenvalue weighted by Gasteiger charge is 2.30. The summed E-state index contributed by atoms with van der Waals surface area (Å²) in [6.07, 6.45) is 4.21. The third-order valence-electron chi connectivity index (χ3n) is 3.20. The Morgan fingerprint density at radius 1 is 1.15 bits per heavy atom. The maximum Gasteiger partial charge on any atom is 0.0827 e. The molecule has 13 heavy (non-hydrogen) atoms. The SMILES string of the molecule is CCC(CC)C(O)C(O)CC1CC1. The molecule has 0 aliphatic heterocycles. The van der Waals surface area contributed by atoms with Gasteiger partial charge in [0.05, 0.1) is 12.2 Å². The molecule has 1 saturated carbocycles. The molecule has 1 fully saturated rings. The summed E-state index contributed by atoms with van der Waals surface area (Å²) in [6, 6.07) is 0. The molecule has 0 aromatic rings. The molecule has 2 nitrogen and oxygen atoms in total. The number of aliphatic hydroxyl groups is 2. The minimum absolute atomic E-state index is 0.272. The van der Waals surface area contributed by atoms with E-state index in [2.05, 4.69) is 13.8 Å². The Labute approximate surface area is 81.0 Å². The zero-order valence-electron chi connectivity index (χ0n) is 8.74. The summed E-state index contributed by atoms with van der Waals surface area (Å²) in [7, 11) is 0.